The van der Waals surface area contributed by atoms with E-state index in [1.54, 1.807) is 17.2 Å². The van der Waals surface area contributed by atoms with E-state index in [1.165, 1.54) is 22.0 Å². The van der Waals surface area contributed by atoms with Crippen LogP contribution in [0.5, 0.6) is 0 Å². The fraction of sp³-hybridized carbons (Fsp3) is 0.545. The lowest BCUT2D eigenvalue weighted by Gasteiger charge is -2.43. The summed E-state index contributed by atoms with van der Waals surface area (Å²) in [6.45, 7) is 2.95. The summed E-state index contributed by atoms with van der Waals surface area (Å²) in [4.78, 5) is 16.1. The Bertz CT molecular complexity index is 912. The molecule has 1 aromatic rings. The lowest BCUT2D eigenvalue weighted by atomic mass is 10.1. The van der Waals surface area contributed by atoms with Crippen molar-refractivity contribution in [2.45, 2.75) is 51.4 Å². The molecule has 3 aliphatic heterocycles. The number of ether oxygens (including phenoxy) is 1. The maximum Gasteiger partial charge on any atom is 0.416 e. The molecule has 174 valence electrons. The number of allylic oxidation sites excluding steroid dienone is 1. The predicted octanol–water partition coefficient (Wildman–Crippen LogP) is 2.77. The lowest BCUT2D eigenvalue weighted by molar-refractivity contribution is -0.148. The van der Waals surface area contributed by atoms with E-state index in [0.29, 0.717) is 18.8 Å². The molecule has 2 saturated heterocycles. The van der Waals surface area contributed by atoms with Crippen LogP contribution in [0.1, 0.15) is 37.3 Å². The molecule has 3 aliphatic rings. The van der Waals surface area contributed by atoms with Gasteiger partial charge in [-0.25, -0.2) is 5.01 Å². The third-order valence-electron chi connectivity index (χ3n) is 6.08. The number of halogens is 3. The number of hydrogen-bond donors (Lipinski definition) is 1. The fourth-order valence-corrected chi connectivity index (χ4v) is 4.41. The second-order valence-corrected chi connectivity index (χ2v) is 8.28. The van der Waals surface area contributed by atoms with Gasteiger partial charge >= 0.3 is 6.18 Å². The quantitative estimate of drug-likeness (QED) is 0.761. The van der Waals surface area contributed by atoms with Crippen LogP contribution in [0.2, 0.25) is 0 Å². The zero-order valence-electron chi connectivity index (χ0n) is 17.9. The number of nitrogens with zero attached hydrogens (tertiary/aromatic N) is 4. The molecule has 0 spiro atoms. The molecule has 10 heteroatoms. The Morgan fingerprint density at radius 3 is 2.69 bits per heavy atom. The molecule has 0 aromatic heterocycles. The van der Waals surface area contributed by atoms with E-state index < -0.39 is 18.0 Å². The molecule has 7 nitrogen and oxygen atoms in total. The molecule has 0 bridgehead atoms. The van der Waals surface area contributed by atoms with E-state index in [0.717, 1.165) is 30.9 Å². The molecular formula is C22H27F3N4O3. The number of aliphatic hydroxyl groups excluding tert-OH is 1. The summed E-state index contributed by atoms with van der Waals surface area (Å²) in [6, 6.07) is 5.32. The van der Waals surface area contributed by atoms with Crippen molar-refractivity contribution >= 4 is 12.1 Å². The molecule has 2 fully saturated rings. The van der Waals surface area contributed by atoms with Gasteiger partial charge in [-0.05, 0) is 43.4 Å². The molecule has 2 unspecified atom stereocenters. The average Bonchev–Trinajstić information content (AvgIpc) is 2.76. The summed E-state index contributed by atoms with van der Waals surface area (Å²) < 4.78 is 45.7. The normalized spacial score (nSPS) is 25.0. The van der Waals surface area contributed by atoms with Crippen LogP contribution < -0.4 is 0 Å². The summed E-state index contributed by atoms with van der Waals surface area (Å²) in [5.41, 5.74) is 0.671. The van der Waals surface area contributed by atoms with Crippen LogP contribution in [0.3, 0.4) is 0 Å². The Morgan fingerprint density at radius 1 is 1.22 bits per heavy atom. The van der Waals surface area contributed by atoms with Gasteiger partial charge in [-0.1, -0.05) is 18.2 Å². The molecule has 0 aliphatic carbocycles. The lowest BCUT2D eigenvalue weighted by Crippen LogP contribution is -2.54. The Kier molecular flexibility index (Phi) is 6.43. The van der Waals surface area contributed by atoms with Gasteiger partial charge in [-0.3, -0.25) is 4.79 Å². The number of benzene rings is 1. The Balaban J connectivity index is 1.45. The molecule has 0 radical (unpaired) electrons. The highest BCUT2D eigenvalue weighted by Crippen LogP contribution is 2.33. The van der Waals surface area contributed by atoms with Crippen molar-refractivity contribution in [3.05, 3.63) is 46.7 Å². The SMILES string of the molecule is CC1=C(N2CCN(Cc3ccccc3C(F)(F)F)C(=O)C2)C(O)N(C2CCCCO2)N=C1. The zero-order valence-corrected chi connectivity index (χ0v) is 17.9. The minimum absolute atomic E-state index is 0.0227. The van der Waals surface area contributed by atoms with Crippen molar-refractivity contribution < 1.29 is 27.8 Å². The number of aliphatic hydroxyl groups is 1. The van der Waals surface area contributed by atoms with Gasteiger partial charge in [0, 0.05) is 26.2 Å². The summed E-state index contributed by atoms with van der Waals surface area (Å²) in [7, 11) is 0. The number of hydrazone groups is 1. The Labute approximate surface area is 184 Å². The molecular weight excluding hydrogens is 425 g/mol. The minimum Gasteiger partial charge on any atom is -0.367 e. The van der Waals surface area contributed by atoms with Crippen molar-refractivity contribution in [1.82, 2.24) is 14.8 Å². The zero-order chi connectivity index (χ0) is 22.9. The predicted molar refractivity (Wildman–Crippen MR) is 111 cm³/mol. The van der Waals surface area contributed by atoms with Crippen LogP contribution in [0.4, 0.5) is 13.2 Å². The number of alkyl halides is 3. The monoisotopic (exact) mass is 452 g/mol. The summed E-state index contributed by atoms with van der Waals surface area (Å²) in [5, 5.41) is 16.9. The number of carbonyl (C=O) groups is 1. The molecule has 0 saturated carbocycles. The molecule has 32 heavy (non-hydrogen) atoms. The Morgan fingerprint density at radius 2 is 2.00 bits per heavy atom. The van der Waals surface area contributed by atoms with Gasteiger partial charge in [0.05, 0.1) is 24.0 Å². The molecule has 1 aromatic carbocycles. The second-order valence-electron chi connectivity index (χ2n) is 8.28. The van der Waals surface area contributed by atoms with Gasteiger partial charge in [-0.2, -0.15) is 18.3 Å². The van der Waals surface area contributed by atoms with Crippen molar-refractivity contribution in [2.24, 2.45) is 5.10 Å². The average molecular weight is 452 g/mol. The summed E-state index contributed by atoms with van der Waals surface area (Å²) >= 11 is 0. The van der Waals surface area contributed by atoms with Crippen molar-refractivity contribution in [3.8, 4) is 0 Å². The van der Waals surface area contributed by atoms with E-state index in [1.807, 2.05) is 6.92 Å². The van der Waals surface area contributed by atoms with Crippen LogP contribution in [0, 0.1) is 0 Å². The third-order valence-corrected chi connectivity index (χ3v) is 6.08. The third kappa shape index (κ3) is 4.61. The van der Waals surface area contributed by atoms with Crippen LogP contribution in [0.15, 0.2) is 40.6 Å². The molecule has 1 N–H and O–H groups in total. The van der Waals surface area contributed by atoms with E-state index in [-0.39, 0.29) is 37.3 Å². The molecule has 3 heterocycles. The van der Waals surface area contributed by atoms with Gasteiger partial charge in [0.1, 0.15) is 6.23 Å². The molecule has 1 amide bonds. The smallest absolute Gasteiger partial charge is 0.367 e. The first-order chi connectivity index (χ1) is 15.3. The van der Waals surface area contributed by atoms with Crippen LogP contribution in [-0.2, 0) is 22.3 Å². The Hall–Kier alpha value is -2.59. The van der Waals surface area contributed by atoms with Crippen molar-refractivity contribution in [2.75, 3.05) is 26.2 Å². The highest BCUT2D eigenvalue weighted by molar-refractivity contribution is 5.82. The van der Waals surface area contributed by atoms with E-state index in [4.69, 9.17) is 4.74 Å². The summed E-state index contributed by atoms with van der Waals surface area (Å²) in [6.07, 6.45) is -1.48. The van der Waals surface area contributed by atoms with Crippen LogP contribution in [-0.4, -0.2) is 70.7 Å². The topological polar surface area (TPSA) is 68.6 Å². The van der Waals surface area contributed by atoms with E-state index in [2.05, 4.69) is 5.10 Å². The van der Waals surface area contributed by atoms with E-state index >= 15 is 0 Å². The maximum absolute atomic E-state index is 13.3. The second kappa shape index (κ2) is 9.11. The van der Waals surface area contributed by atoms with Crippen molar-refractivity contribution in [3.63, 3.8) is 0 Å². The molecule has 2 atom stereocenters. The van der Waals surface area contributed by atoms with Gasteiger partial charge in [0.15, 0.2) is 6.23 Å². The largest absolute Gasteiger partial charge is 0.416 e. The van der Waals surface area contributed by atoms with Gasteiger partial charge in [0.25, 0.3) is 0 Å². The number of rotatable bonds is 4. The van der Waals surface area contributed by atoms with Gasteiger partial charge in [0.2, 0.25) is 5.91 Å². The summed E-state index contributed by atoms with van der Waals surface area (Å²) in [5.74, 6) is -0.288. The first kappa shape index (κ1) is 22.6. The van der Waals surface area contributed by atoms with Crippen LogP contribution >= 0.6 is 0 Å². The number of carbonyl (C=O) groups excluding carboxylic acids is 1. The van der Waals surface area contributed by atoms with Crippen molar-refractivity contribution in [1.29, 1.82) is 0 Å². The number of amides is 1. The maximum atomic E-state index is 13.3. The highest BCUT2D eigenvalue weighted by atomic mass is 19.4. The fourth-order valence-electron chi connectivity index (χ4n) is 4.41. The van der Waals surface area contributed by atoms with Gasteiger partial charge in [-0.15, -0.1) is 0 Å². The number of piperazine rings is 1. The minimum atomic E-state index is -4.47. The van der Waals surface area contributed by atoms with Gasteiger partial charge < -0.3 is 19.6 Å². The van der Waals surface area contributed by atoms with Crippen LogP contribution in [0.25, 0.3) is 0 Å². The molecule has 4 rings (SSSR count). The standard InChI is InChI=1S/C22H27F3N4O3/c1-15-12-26-29(19-8-4-5-11-32-19)21(31)20(15)28-10-9-27(18(30)14-28)13-16-6-2-3-7-17(16)22(23,24)25/h2-3,6-7,12,19,21,31H,4-5,8-11,13-14H2,1H3. The van der Waals surface area contributed by atoms with E-state index in [9.17, 15) is 23.1 Å². The number of hydrogen-bond acceptors (Lipinski definition) is 6. The first-order valence-corrected chi connectivity index (χ1v) is 10.8. The highest BCUT2D eigenvalue weighted by Gasteiger charge is 2.37. The first-order valence-electron chi connectivity index (χ1n) is 10.8.